The van der Waals surface area contributed by atoms with Gasteiger partial charge in [-0.05, 0) is 42.8 Å². The number of halogens is 2. The second-order valence-corrected chi connectivity index (χ2v) is 5.39. The minimum Gasteiger partial charge on any atom is -0.398 e. The normalized spacial score (nSPS) is 11.2. The van der Waals surface area contributed by atoms with Crippen molar-refractivity contribution in [3.8, 4) is 11.4 Å². The largest absolute Gasteiger partial charge is 0.398 e. The van der Waals surface area contributed by atoms with Crippen LogP contribution < -0.4 is 5.73 Å². The minimum atomic E-state index is -0.350. The van der Waals surface area contributed by atoms with Crippen LogP contribution in [0.5, 0.6) is 0 Å². The average molecular weight is 304 g/mol. The summed E-state index contributed by atoms with van der Waals surface area (Å²) in [5, 5.41) is 0.641. The number of fused-ring (bicyclic) bond motifs is 1. The molecule has 0 fully saturated rings. The molecule has 0 saturated heterocycles. The van der Waals surface area contributed by atoms with Gasteiger partial charge in [0.1, 0.15) is 11.6 Å². The molecule has 0 amide bonds. The molecule has 0 aliphatic rings. The molecule has 1 aromatic heterocycles. The molecule has 0 saturated carbocycles. The van der Waals surface area contributed by atoms with Crippen molar-refractivity contribution >= 4 is 28.3 Å². The van der Waals surface area contributed by atoms with Gasteiger partial charge < -0.3 is 10.3 Å². The number of imidazole rings is 1. The number of nitrogen functional groups attached to an aromatic ring is 1. The van der Waals surface area contributed by atoms with Crippen LogP contribution in [0.25, 0.3) is 22.4 Å². The summed E-state index contributed by atoms with van der Waals surface area (Å²) in [4.78, 5) is 4.63. The van der Waals surface area contributed by atoms with E-state index in [0.29, 0.717) is 10.7 Å². The van der Waals surface area contributed by atoms with E-state index < -0.39 is 0 Å². The summed E-state index contributed by atoms with van der Waals surface area (Å²) in [5.74, 6) is 0.393. The molecule has 0 spiro atoms. The van der Waals surface area contributed by atoms with Gasteiger partial charge in [0.25, 0.3) is 0 Å². The van der Waals surface area contributed by atoms with E-state index in [1.54, 1.807) is 6.07 Å². The van der Waals surface area contributed by atoms with Crippen molar-refractivity contribution in [1.29, 1.82) is 0 Å². The third-order valence-electron chi connectivity index (χ3n) is 3.41. The van der Waals surface area contributed by atoms with E-state index in [1.165, 1.54) is 12.1 Å². The van der Waals surface area contributed by atoms with Gasteiger partial charge in [0, 0.05) is 22.8 Å². The first kappa shape index (κ1) is 13.9. The first-order chi connectivity index (χ1) is 10.1. The topological polar surface area (TPSA) is 43.8 Å². The predicted molar refractivity (Wildman–Crippen MR) is 84.8 cm³/mol. The van der Waals surface area contributed by atoms with Gasteiger partial charge >= 0.3 is 0 Å². The van der Waals surface area contributed by atoms with E-state index in [9.17, 15) is 4.39 Å². The van der Waals surface area contributed by atoms with Crippen LogP contribution in [0.15, 0.2) is 36.4 Å². The molecule has 21 heavy (non-hydrogen) atoms. The van der Waals surface area contributed by atoms with Crippen molar-refractivity contribution < 1.29 is 4.39 Å². The highest BCUT2D eigenvalue weighted by molar-refractivity contribution is 6.31. The molecule has 3 rings (SSSR count). The van der Waals surface area contributed by atoms with E-state index in [4.69, 9.17) is 17.3 Å². The summed E-state index contributed by atoms with van der Waals surface area (Å²) in [5.41, 5.74) is 8.88. The molecule has 0 aliphatic carbocycles. The SMILES string of the molecule is CCCn1c(-c2ccc(F)cc2N)nc2cc(Cl)ccc21. The van der Waals surface area contributed by atoms with E-state index in [-0.39, 0.29) is 5.82 Å². The van der Waals surface area contributed by atoms with Crippen LogP contribution in [0.4, 0.5) is 10.1 Å². The molecule has 0 unspecified atom stereocenters. The number of anilines is 1. The third kappa shape index (κ3) is 2.47. The summed E-state index contributed by atoms with van der Waals surface area (Å²) in [6, 6.07) is 10.00. The Kier molecular flexibility index (Phi) is 3.55. The first-order valence-corrected chi connectivity index (χ1v) is 7.19. The summed E-state index contributed by atoms with van der Waals surface area (Å²) in [6.07, 6.45) is 0.961. The molecule has 2 N–H and O–H groups in total. The fourth-order valence-electron chi connectivity index (χ4n) is 2.50. The van der Waals surface area contributed by atoms with E-state index in [0.717, 1.165) is 35.4 Å². The van der Waals surface area contributed by atoms with Crippen LogP contribution in [0.3, 0.4) is 0 Å². The molecule has 3 nitrogen and oxygen atoms in total. The number of benzene rings is 2. The van der Waals surface area contributed by atoms with Gasteiger partial charge in [0.2, 0.25) is 0 Å². The average Bonchev–Trinajstić information content (AvgIpc) is 2.77. The van der Waals surface area contributed by atoms with Crippen LogP contribution in [0.1, 0.15) is 13.3 Å². The zero-order chi connectivity index (χ0) is 15.0. The Morgan fingerprint density at radius 3 is 2.76 bits per heavy atom. The number of rotatable bonds is 3. The predicted octanol–water partition coefficient (Wildman–Crippen LogP) is 4.49. The molecule has 0 aliphatic heterocycles. The molecule has 2 aromatic carbocycles. The lowest BCUT2D eigenvalue weighted by Crippen LogP contribution is -2.02. The maximum Gasteiger partial charge on any atom is 0.143 e. The fourth-order valence-corrected chi connectivity index (χ4v) is 2.66. The Morgan fingerprint density at radius 1 is 1.24 bits per heavy atom. The molecular formula is C16H15ClFN3. The lowest BCUT2D eigenvalue weighted by molar-refractivity contribution is 0.628. The van der Waals surface area contributed by atoms with Crippen LogP contribution >= 0.6 is 11.6 Å². The maximum atomic E-state index is 13.2. The van der Waals surface area contributed by atoms with Crippen molar-refractivity contribution in [2.24, 2.45) is 0 Å². The Labute approximate surface area is 127 Å². The number of aryl methyl sites for hydroxylation is 1. The Hall–Kier alpha value is -2.07. The zero-order valence-electron chi connectivity index (χ0n) is 11.6. The summed E-state index contributed by atoms with van der Waals surface area (Å²) in [7, 11) is 0. The van der Waals surface area contributed by atoms with Crippen molar-refractivity contribution in [2.75, 3.05) is 5.73 Å². The third-order valence-corrected chi connectivity index (χ3v) is 3.65. The summed E-state index contributed by atoms with van der Waals surface area (Å²) in [6.45, 7) is 2.91. The number of aromatic nitrogens is 2. The van der Waals surface area contributed by atoms with Gasteiger partial charge in [0.15, 0.2) is 0 Å². The van der Waals surface area contributed by atoms with Gasteiger partial charge in [-0.1, -0.05) is 18.5 Å². The van der Waals surface area contributed by atoms with Gasteiger partial charge in [-0.2, -0.15) is 0 Å². The second kappa shape index (κ2) is 5.37. The molecule has 0 bridgehead atoms. The molecule has 1 heterocycles. The molecule has 0 radical (unpaired) electrons. The van der Waals surface area contributed by atoms with Gasteiger partial charge in [-0.25, -0.2) is 9.37 Å². The number of hydrogen-bond donors (Lipinski definition) is 1. The molecule has 5 heteroatoms. The fraction of sp³-hybridized carbons (Fsp3) is 0.188. The highest BCUT2D eigenvalue weighted by atomic mass is 35.5. The first-order valence-electron chi connectivity index (χ1n) is 6.81. The number of nitrogens with zero attached hydrogens (tertiary/aromatic N) is 2. The second-order valence-electron chi connectivity index (χ2n) is 4.95. The van der Waals surface area contributed by atoms with Crippen LogP contribution in [-0.2, 0) is 6.54 Å². The number of hydrogen-bond acceptors (Lipinski definition) is 2. The zero-order valence-corrected chi connectivity index (χ0v) is 12.4. The minimum absolute atomic E-state index is 0.350. The monoisotopic (exact) mass is 303 g/mol. The van der Waals surface area contributed by atoms with Crippen molar-refractivity contribution in [2.45, 2.75) is 19.9 Å². The smallest absolute Gasteiger partial charge is 0.143 e. The van der Waals surface area contributed by atoms with Gasteiger partial charge in [0.05, 0.1) is 11.0 Å². The highest BCUT2D eigenvalue weighted by Gasteiger charge is 2.15. The summed E-state index contributed by atoms with van der Waals surface area (Å²) < 4.78 is 15.3. The highest BCUT2D eigenvalue weighted by Crippen LogP contribution is 2.30. The summed E-state index contributed by atoms with van der Waals surface area (Å²) >= 11 is 6.03. The van der Waals surface area contributed by atoms with Crippen LogP contribution in [0.2, 0.25) is 5.02 Å². The molecule has 3 aromatic rings. The Morgan fingerprint density at radius 2 is 2.05 bits per heavy atom. The quantitative estimate of drug-likeness (QED) is 0.725. The molecule has 0 atom stereocenters. The van der Waals surface area contributed by atoms with E-state index in [2.05, 4.69) is 16.5 Å². The standard InChI is InChI=1S/C16H15ClFN3/c1-2-7-21-15-6-3-10(17)8-14(15)20-16(21)12-5-4-11(18)9-13(12)19/h3-6,8-9H,2,7,19H2,1H3. The van der Waals surface area contributed by atoms with E-state index in [1.807, 2.05) is 18.2 Å². The lowest BCUT2D eigenvalue weighted by Gasteiger charge is -2.09. The van der Waals surface area contributed by atoms with Crippen molar-refractivity contribution in [3.63, 3.8) is 0 Å². The maximum absolute atomic E-state index is 13.2. The Balaban J connectivity index is 2.27. The van der Waals surface area contributed by atoms with Crippen LogP contribution in [-0.4, -0.2) is 9.55 Å². The van der Waals surface area contributed by atoms with E-state index >= 15 is 0 Å². The molecule has 108 valence electrons. The van der Waals surface area contributed by atoms with Crippen LogP contribution in [0, 0.1) is 5.82 Å². The van der Waals surface area contributed by atoms with Gasteiger partial charge in [-0.3, -0.25) is 0 Å². The van der Waals surface area contributed by atoms with Gasteiger partial charge in [-0.15, -0.1) is 0 Å². The van der Waals surface area contributed by atoms with Crippen molar-refractivity contribution in [1.82, 2.24) is 9.55 Å². The lowest BCUT2D eigenvalue weighted by atomic mass is 10.1. The van der Waals surface area contributed by atoms with Crippen molar-refractivity contribution in [3.05, 3.63) is 47.2 Å². The number of nitrogens with two attached hydrogens (primary N) is 1. The Bertz CT molecular complexity index is 811. The molecular weight excluding hydrogens is 289 g/mol.